The minimum absolute atomic E-state index is 0. The summed E-state index contributed by atoms with van der Waals surface area (Å²) in [7, 11) is 0. The summed E-state index contributed by atoms with van der Waals surface area (Å²) >= 11 is 0. The lowest BCUT2D eigenvalue weighted by atomic mass is 10.2. The standard InChI is InChI=1S/C15H20N4.HI/c1-2-6-14-13(5-1)7-12-19(14)11-4-10-18-15-16-8-3-9-17-15;/h1-2,5-7,12H,3-4,8-11H2,(H2,16,17,18);1H. The average Bonchev–Trinajstić information content (AvgIpc) is 2.88. The van der Waals surface area contributed by atoms with E-state index in [1.807, 2.05) is 0 Å². The number of benzene rings is 1. The highest BCUT2D eigenvalue weighted by molar-refractivity contribution is 14.0. The molecule has 108 valence electrons. The number of aliphatic imine (C=N–C) groups is 1. The van der Waals surface area contributed by atoms with Crippen LogP contribution in [0.2, 0.25) is 0 Å². The Bertz CT molecular complexity index is 576. The Morgan fingerprint density at radius 3 is 3.00 bits per heavy atom. The van der Waals surface area contributed by atoms with Crippen molar-refractivity contribution in [2.45, 2.75) is 19.4 Å². The molecule has 2 aromatic rings. The number of hydrogen-bond donors (Lipinski definition) is 2. The van der Waals surface area contributed by atoms with Gasteiger partial charge in [0.05, 0.1) is 0 Å². The van der Waals surface area contributed by atoms with Crippen molar-refractivity contribution in [3.05, 3.63) is 36.5 Å². The van der Waals surface area contributed by atoms with Gasteiger partial charge >= 0.3 is 0 Å². The molecule has 0 fully saturated rings. The first-order valence-corrected chi connectivity index (χ1v) is 6.99. The third-order valence-electron chi connectivity index (χ3n) is 3.45. The highest BCUT2D eigenvalue weighted by Gasteiger charge is 2.03. The monoisotopic (exact) mass is 384 g/mol. The number of fused-ring (bicyclic) bond motifs is 1. The summed E-state index contributed by atoms with van der Waals surface area (Å²) in [5.74, 6) is 0.962. The van der Waals surface area contributed by atoms with E-state index in [4.69, 9.17) is 0 Å². The van der Waals surface area contributed by atoms with E-state index in [-0.39, 0.29) is 24.0 Å². The van der Waals surface area contributed by atoms with E-state index in [2.05, 4.69) is 56.7 Å². The van der Waals surface area contributed by atoms with Crippen LogP contribution in [0, 0.1) is 0 Å². The number of nitrogens with one attached hydrogen (secondary N) is 2. The van der Waals surface area contributed by atoms with Crippen LogP contribution in [0.3, 0.4) is 0 Å². The molecule has 1 aromatic carbocycles. The molecular formula is C15H21IN4. The number of guanidine groups is 1. The zero-order valence-corrected chi connectivity index (χ0v) is 13.8. The molecule has 5 heteroatoms. The molecule has 3 rings (SSSR count). The Kier molecular flexibility index (Phi) is 5.70. The molecule has 0 atom stereocenters. The molecule has 4 nitrogen and oxygen atoms in total. The maximum atomic E-state index is 4.40. The molecule has 2 N–H and O–H groups in total. The second kappa shape index (κ2) is 7.52. The van der Waals surface area contributed by atoms with Crippen LogP contribution in [0.25, 0.3) is 10.9 Å². The maximum absolute atomic E-state index is 4.40. The molecule has 0 spiro atoms. The summed E-state index contributed by atoms with van der Waals surface area (Å²) in [4.78, 5) is 4.40. The van der Waals surface area contributed by atoms with E-state index < -0.39 is 0 Å². The zero-order chi connectivity index (χ0) is 12.9. The van der Waals surface area contributed by atoms with Crippen molar-refractivity contribution in [3.8, 4) is 0 Å². The predicted molar refractivity (Wildman–Crippen MR) is 94.9 cm³/mol. The SMILES string of the molecule is I.c1ccc2c(c1)ccn2CCCNC1=NCCCN1. The van der Waals surface area contributed by atoms with Crippen molar-refractivity contribution in [3.63, 3.8) is 0 Å². The number of hydrogen-bond acceptors (Lipinski definition) is 3. The lowest BCUT2D eigenvalue weighted by Gasteiger charge is -2.16. The molecule has 1 aliphatic rings. The summed E-state index contributed by atoms with van der Waals surface area (Å²) in [6.45, 7) is 3.97. The van der Waals surface area contributed by atoms with Gasteiger partial charge in [-0.25, -0.2) is 0 Å². The fourth-order valence-corrected chi connectivity index (χ4v) is 2.44. The molecular weight excluding hydrogens is 363 g/mol. The van der Waals surface area contributed by atoms with E-state index >= 15 is 0 Å². The third kappa shape index (κ3) is 3.65. The number of aromatic nitrogens is 1. The van der Waals surface area contributed by atoms with Crippen LogP contribution in [-0.2, 0) is 6.54 Å². The Labute approximate surface area is 136 Å². The smallest absolute Gasteiger partial charge is 0.191 e. The third-order valence-corrected chi connectivity index (χ3v) is 3.45. The second-order valence-electron chi connectivity index (χ2n) is 4.86. The molecule has 0 bridgehead atoms. The summed E-state index contributed by atoms with van der Waals surface area (Å²) in [6.07, 6.45) is 4.40. The topological polar surface area (TPSA) is 41.4 Å². The first kappa shape index (κ1) is 15.2. The summed E-state index contributed by atoms with van der Waals surface area (Å²) in [5, 5.41) is 7.95. The van der Waals surface area contributed by atoms with Crippen molar-refractivity contribution in [1.29, 1.82) is 0 Å². The zero-order valence-electron chi connectivity index (χ0n) is 11.5. The summed E-state index contributed by atoms with van der Waals surface area (Å²) in [5.41, 5.74) is 1.32. The van der Waals surface area contributed by atoms with Gasteiger partial charge in [0.15, 0.2) is 5.96 Å². The first-order valence-electron chi connectivity index (χ1n) is 6.99. The lowest BCUT2D eigenvalue weighted by Crippen LogP contribution is -2.41. The minimum Gasteiger partial charge on any atom is -0.356 e. The molecule has 0 radical (unpaired) electrons. The largest absolute Gasteiger partial charge is 0.356 e. The molecule has 0 unspecified atom stereocenters. The Hall–Kier alpha value is -1.24. The minimum atomic E-state index is 0. The molecule has 0 amide bonds. The van der Waals surface area contributed by atoms with Crippen molar-refractivity contribution in [1.82, 2.24) is 15.2 Å². The van der Waals surface area contributed by atoms with Crippen LogP contribution in [0.4, 0.5) is 0 Å². The molecule has 2 heterocycles. The van der Waals surface area contributed by atoms with E-state index in [0.29, 0.717) is 0 Å². The highest BCUT2D eigenvalue weighted by Crippen LogP contribution is 2.15. The van der Waals surface area contributed by atoms with Crippen LogP contribution in [-0.4, -0.2) is 30.2 Å². The van der Waals surface area contributed by atoms with Gasteiger partial charge in [-0.1, -0.05) is 18.2 Å². The van der Waals surface area contributed by atoms with E-state index in [1.54, 1.807) is 0 Å². The predicted octanol–water partition coefficient (Wildman–Crippen LogP) is 2.59. The molecule has 0 aliphatic carbocycles. The fourth-order valence-electron chi connectivity index (χ4n) is 2.44. The van der Waals surface area contributed by atoms with Crippen LogP contribution in [0.5, 0.6) is 0 Å². The van der Waals surface area contributed by atoms with E-state index in [1.165, 1.54) is 10.9 Å². The van der Waals surface area contributed by atoms with Gasteiger partial charge in [0.2, 0.25) is 0 Å². The van der Waals surface area contributed by atoms with Crippen LogP contribution in [0.1, 0.15) is 12.8 Å². The Balaban J connectivity index is 0.00000147. The van der Waals surface area contributed by atoms with Gasteiger partial charge < -0.3 is 15.2 Å². The van der Waals surface area contributed by atoms with Crippen LogP contribution in [0.15, 0.2) is 41.5 Å². The van der Waals surface area contributed by atoms with E-state index in [9.17, 15) is 0 Å². The van der Waals surface area contributed by atoms with Gasteiger partial charge in [-0.15, -0.1) is 24.0 Å². The molecule has 1 aliphatic heterocycles. The number of rotatable bonds is 4. The van der Waals surface area contributed by atoms with Crippen molar-refractivity contribution in [2.24, 2.45) is 4.99 Å². The van der Waals surface area contributed by atoms with Gasteiger partial charge in [-0.05, 0) is 30.4 Å². The van der Waals surface area contributed by atoms with Crippen molar-refractivity contribution >= 4 is 40.8 Å². The second-order valence-corrected chi connectivity index (χ2v) is 4.86. The average molecular weight is 384 g/mol. The molecule has 20 heavy (non-hydrogen) atoms. The lowest BCUT2D eigenvalue weighted by molar-refractivity contribution is 0.630. The van der Waals surface area contributed by atoms with Crippen molar-refractivity contribution < 1.29 is 0 Å². The normalized spacial score (nSPS) is 14.3. The quantitative estimate of drug-likeness (QED) is 0.629. The van der Waals surface area contributed by atoms with Gasteiger partial charge in [0, 0.05) is 37.9 Å². The maximum Gasteiger partial charge on any atom is 0.191 e. The molecule has 1 aromatic heterocycles. The number of para-hydroxylation sites is 1. The van der Waals surface area contributed by atoms with Crippen LogP contribution < -0.4 is 10.6 Å². The first-order chi connectivity index (χ1) is 9.43. The number of aryl methyl sites for hydroxylation is 1. The number of nitrogens with zero attached hydrogens (tertiary/aromatic N) is 2. The van der Waals surface area contributed by atoms with Gasteiger partial charge in [0.1, 0.15) is 0 Å². The summed E-state index contributed by atoms with van der Waals surface area (Å²) < 4.78 is 2.31. The van der Waals surface area contributed by atoms with Crippen molar-refractivity contribution in [2.75, 3.05) is 19.6 Å². The summed E-state index contributed by atoms with van der Waals surface area (Å²) in [6, 6.07) is 10.7. The van der Waals surface area contributed by atoms with Gasteiger partial charge in [-0.2, -0.15) is 0 Å². The van der Waals surface area contributed by atoms with Crippen LogP contribution >= 0.6 is 24.0 Å². The molecule has 0 saturated heterocycles. The van der Waals surface area contributed by atoms with Gasteiger partial charge in [-0.3, -0.25) is 4.99 Å². The molecule has 0 saturated carbocycles. The number of halogens is 1. The Morgan fingerprint density at radius 2 is 2.15 bits per heavy atom. The Morgan fingerprint density at radius 1 is 1.25 bits per heavy atom. The van der Waals surface area contributed by atoms with Gasteiger partial charge in [0.25, 0.3) is 0 Å². The fraction of sp³-hybridized carbons (Fsp3) is 0.400. The van der Waals surface area contributed by atoms with E-state index in [0.717, 1.165) is 45.0 Å². The highest BCUT2D eigenvalue weighted by atomic mass is 127.